The quantitative estimate of drug-likeness (QED) is 0.540. The van der Waals surface area contributed by atoms with Crippen molar-refractivity contribution in [1.29, 1.82) is 0 Å². The molecule has 6 heteroatoms. The van der Waals surface area contributed by atoms with E-state index in [2.05, 4.69) is 0 Å². The molecule has 1 unspecified atom stereocenters. The summed E-state index contributed by atoms with van der Waals surface area (Å²) in [5.74, 6) is -0.399. The number of rotatable bonds is 3. The molecule has 0 amide bonds. The van der Waals surface area contributed by atoms with Gasteiger partial charge >= 0.3 is 12.9 Å². The van der Waals surface area contributed by atoms with E-state index in [1.807, 2.05) is 0 Å². The highest BCUT2D eigenvalue weighted by molar-refractivity contribution is 6.64. The minimum atomic E-state index is -4.88. The number of halogens is 3. The van der Waals surface area contributed by atoms with Crippen LogP contribution in [0, 0.1) is 5.92 Å². The first-order valence-corrected chi connectivity index (χ1v) is 4.99. The van der Waals surface area contributed by atoms with E-state index in [1.165, 1.54) is 0 Å². The molecule has 1 saturated carbocycles. The smallest absolute Gasteiger partial charge is 0.466 e. The van der Waals surface area contributed by atoms with Crippen LogP contribution in [-0.4, -0.2) is 19.6 Å². The standard InChI is InChI=1S/C9H13BF3O2/c1-2-15-9(14)8-4-3-7(5-8)6-10(11,12)13/h6,8H,2-5H2,1H3/q-1/b7-6-. The highest BCUT2D eigenvalue weighted by atomic mass is 19.4. The molecule has 0 aliphatic heterocycles. The summed E-state index contributed by atoms with van der Waals surface area (Å²) in [5.41, 5.74) is 0.320. The zero-order valence-corrected chi connectivity index (χ0v) is 8.51. The van der Waals surface area contributed by atoms with Gasteiger partial charge in [0.15, 0.2) is 0 Å². The lowest BCUT2D eigenvalue weighted by atomic mass is 9.87. The maximum atomic E-state index is 12.1. The van der Waals surface area contributed by atoms with E-state index in [0.29, 0.717) is 24.4 Å². The van der Waals surface area contributed by atoms with Crippen LogP contribution in [0.5, 0.6) is 0 Å². The Morgan fingerprint density at radius 1 is 1.60 bits per heavy atom. The second kappa shape index (κ2) is 4.72. The minimum Gasteiger partial charge on any atom is -0.466 e. The van der Waals surface area contributed by atoms with Crippen molar-refractivity contribution in [3.8, 4) is 0 Å². The third-order valence-electron chi connectivity index (χ3n) is 2.37. The number of hydrogen-bond acceptors (Lipinski definition) is 2. The summed E-state index contributed by atoms with van der Waals surface area (Å²) in [4.78, 5) is 11.2. The van der Waals surface area contributed by atoms with Crippen molar-refractivity contribution in [2.45, 2.75) is 26.2 Å². The molecule has 0 spiro atoms. The fourth-order valence-corrected chi connectivity index (χ4v) is 1.76. The Hall–Kier alpha value is -0.935. The average molecular weight is 221 g/mol. The molecule has 1 aliphatic carbocycles. The van der Waals surface area contributed by atoms with E-state index < -0.39 is 6.98 Å². The fraction of sp³-hybridized carbons (Fsp3) is 0.667. The lowest BCUT2D eigenvalue weighted by Gasteiger charge is -2.10. The predicted molar refractivity (Wildman–Crippen MR) is 51.1 cm³/mol. The van der Waals surface area contributed by atoms with Gasteiger partial charge < -0.3 is 17.7 Å². The number of ether oxygens (including phenoxy) is 1. The Labute approximate surface area is 86.5 Å². The summed E-state index contributed by atoms with van der Waals surface area (Å²) >= 11 is 0. The van der Waals surface area contributed by atoms with Gasteiger partial charge in [-0.15, -0.1) is 11.5 Å². The van der Waals surface area contributed by atoms with Crippen LogP contribution in [0.2, 0.25) is 0 Å². The summed E-state index contributed by atoms with van der Waals surface area (Å²) < 4.78 is 40.9. The van der Waals surface area contributed by atoms with Crippen LogP contribution in [0.3, 0.4) is 0 Å². The molecule has 86 valence electrons. The highest BCUT2D eigenvalue weighted by Crippen LogP contribution is 2.32. The summed E-state index contributed by atoms with van der Waals surface area (Å²) in [6, 6.07) is 0. The third kappa shape index (κ3) is 3.97. The molecule has 2 nitrogen and oxygen atoms in total. The zero-order valence-electron chi connectivity index (χ0n) is 8.51. The first-order chi connectivity index (χ1) is 6.92. The van der Waals surface area contributed by atoms with Gasteiger partial charge in [-0.05, 0) is 26.2 Å². The largest absolute Gasteiger partial charge is 0.502 e. The van der Waals surface area contributed by atoms with Gasteiger partial charge in [-0.2, -0.15) is 0 Å². The van der Waals surface area contributed by atoms with E-state index in [4.69, 9.17) is 4.74 Å². The van der Waals surface area contributed by atoms with Gasteiger partial charge in [0, 0.05) is 0 Å². The molecule has 0 aromatic rings. The Morgan fingerprint density at radius 2 is 2.27 bits per heavy atom. The molecule has 0 bridgehead atoms. The zero-order chi connectivity index (χ0) is 11.5. The van der Waals surface area contributed by atoms with E-state index in [0.717, 1.165) is 0 Å². The molecule has 1 atom stereocenters. The maximum absolute atomic E-state index is 12.1. The summed E-state index contributed by atoms with van der Waals surface area (Å²) in [6.45, 7) is -2.92. The van der Waals surface area contributed by atoms with Gasteiger partial charge in [-0.25, -0.2) is 0 Å². The second-order valence-corrected chi connectivity index (χ2v) is 3.64. The van der Waals surface area contributed by atoms with Gasteiger partial charge in [0.2, 0.25) is 0 Å². The molecule has 1 aliphatic rings. The van der Waals surface area contributed by atoms with Crippen molar-refractivity contribution in [2.24, 2.45) is 5.92 Å². The van der Waals surface area contributed by atoms with Crippen LogP contribution < -0.4 is 0 Å². The average Bonchev–Trinajstić information content (AvgIpc) is 2.50. The van der Waals surface area contributed by atoms with Crippen LogP contribution in [0.15, 0.2) is 11.5 Å². The lowest BCUT2D eigenvalue weighted by Crippen LogP contribution is -2.15. The summed E-state index contributed by atoms with van der Waals surface area (Å²) in [5, 5.41) is 0. The van der Waals surface area contributed by atoms with Gasteiger partial charge in [-0.1, -0.05) is 0 Å². The van der Waals surface area contributed by atoms with Gasteiger partial charge in [0.25, 0.3) is 0 Å². The molecule has 0 aromatic carbocycles. The monoisotopic (exact) mass is 221 g/mol. The molecule has 0 saturated heterocycles. The van der Waals surface area contributed by atoms with E-state index in [1.54, 1.807) is 6.92 Å². The number of carbonyl (C=O) groups is 1. The predicted octanol–water partition coefficient (Wildman–Crippen LogP) is 2.66. The Kier molecular flexibility index (Phi) is 3.82. The lowest BCUT2D eigenvalue weighted by molar-refractivity contribution is -0.147. The van der Waals surface area contributed by atoms with Crippen molar-refractivity contribution in [3.63, 3.8) is 0 Å². The fourth-order valence-electron chi connectivity index (χ4n) is 1.76. The van der Waals surface area contributed by atoms with Crippen molar-refractivity contribution in [1.82, 2.24) is 0 Å². The van der Waals surface area contributed by atoms with Crippen LogP contribution in [0.25, 0.3) is 0 Å². The van der Waals surface area contributed by atoms with E-state index >= 15 is 0 Å². The third-order valence-corrected chi connectivity index (χ3v) is 2.37. The number of esters is 1. The topological polar surface area (TPSA) is 26.3 Å². The SMILES string of the molecule is CCOC(=O)C1CC/C(=C/[B-](F)(F)F)C1. The molecule has 1 rings (SSSR count). The van der Waals surface area contributed by atoms with Crippen molar-refractivity contribution in [3.05, 3.63) is 11.5 Å². The van der Waals surface area contributed by atoms with Gasteiger partial charge in [0.05, 0.1) is 12.5 Å². The Morgan fingerprint density at radius 3 is 2.80 bits per heavy atom. The highest BCUT2D eigenvalue weighted by Gasteiger charge is 2.29. The first-order valence-electron chi connectivity index (χ1n) is 4.99. The summed E-state index contributed by atoms with van der Waals surface area (Å²) in [7, 11) is 0. The second-order valence-electron chi connectivity index (χ2n) is 3.64. The maximum Gasteiger partial charge on any atom is 0.502 e. The molecule has 0 N–H and O–H groups in total. The molecular formula is C9H13BF3O2-. The molecule has 0 radical (unpaired) electrons. The van der Waals surface area contributed by atoms with Crippen molar-refractivity contribution < 1.29 is 22.5 Å². The molecule has 1 fully saturated rings. The van der Waals surface area contributed by atoms with Crippen molar-refractivity contribution >= 4 is 12.9 Å². The number of carbonyl (C=O) groups excluding carboxylic acids is 1. The normalized spacial score (nSPS) is 24.5. The van der Waals surface area contributed by atoms with Crippen LogP contribution in [-0.2, 0) is 9.53 Å². The van der Waals surface area contributed by atoms with Crippen LogP contribution in [0.4, 0.5) is 12.9 Å². The van der Waals surface area contributed by atoms with Gasteiger partial charge in [0.1, 0.15) is 0 Å². The van der Waals surface area contributed by atoms with Gasteiger partial charge in [-0.3, -0.25) is 4.79 Å². The number of hydrogen-bond donors (Lipinski definition) is 0. The molecule has 0 heterocycles. The van der Waals surface area contributed by atoms with E-state index in [-0.39, 0.29) is 24.9 Å². The molecular weight excluding hydrogens is 208 g/mol. The molecule has 0 aromatic heterocycles. The molecule has 15 heavy (non-hydrogen) atoms. The summed E-state index contributed by atoms with van der Waals surface area (Å²) in [6.07, 6.45) is 1.02. The van der Waals surface area contributed by atoms with Crippen LogP contribution >= 0.6 is 0 Å². The number of allylic oxidation sites excluding steroid dienone is 1. The van der Waals surface area contributed by atoms with E-state index in [9.17, 15) is 17.7 Å². The minimum absolute atomic E-state index is 0.195. The Bertz CT molecular complexity index is 273. The van der Waals surface area contributed by atoms with Crippen LogP contribution in [0.1, 0.15) is 26.2 Å². The van der Waals surface area contributed by atoms with Crippen molar-refractivity contribution in [2.75, 3.05) is 6.61 Å². The Balaban J connectivity index is 2.53. The first kappa shape index (κ1) is 12.1.